The van der Waals surface area contributed by atoms with Crippen molar-refractivity contribution in [3.05, 3.63) is 66.7 Å². The fourth-order valence-electron chi connectivity index (χ4n) is 2.64. The molecular weight excluding hydrogens is 408 g/mol. The van der Waals surface area contributed by atoms with Crippen molar-refractivity contribution in [3.63, 3.8) is 0 Å². The van der Waals surface area contributed by atoms with Crippen LogP contribution in [0.2, 0.25) is 0 Å². The Morgan fingerprint density at radius 1 is 0.933 bits per heavy atom. The molecule has 0 bridgehead atoms. The number of amides is 1. The molecule has 0 aliphatic carbocycles. The molecule has 0 radical (unpaired) electrons. The first kappa shape index (κ1) is 21.3. The van der Waals surface area contributed by atoms with E-state index in [9.17, 15) is 18.0 Å². The first-order valence-corrected chi connectivity index (χ1v) is 10.4. The Bertz CT molecular complexity index is 1160. The van der Waals surface area contributed by atoms with Crippen LogP contribution in [0.1, 0.15) is 0 Å². The minimum absolute atomic E-state index is 0.0336. The van der Waals surface area contributed by atoms with E-state index in [2.05, 4.69) is 10.0 Å². The zero-order valence-electron chi connectivity index (χ0n) is 16.1. The van der Waals surface area contributed by atoms with Crippen molar-refractivity contribution in [3.8, 4) is 5.75 Å². The lowest BCUT2D eigenvalue weighted by atomic mass is 10.1. The van der Waals surface area contributed by atoms with Crippen LogP contribution in [-0.2, 0) is 24.3 Å². The van der Waals surface area contributed by atoms with Gasteiger partial charge in [0.05, 0.1) is 12.0 Å². The molecule has 0 aromatic heterocycles. The van der Waals surface area contributed by atoms with Crippen LogP contribution < -0.4 is 14.8 Å². The minimum atomic E-state index is -3.90. The number of ether oxygens (including phenoxy) is 2. The van der Waals surface area contributed by atoms with Gasteiger partial charge in [-0.3, -0.25) is 9.59 Å². The van der Waals surface area contributed by atoms with Gasteiger partial charge < -0.3 is 14.8 Å². The Hall–Kier alpha value is -3.43. The maximum atomic E-state index is 12.4. The molecule has 0 aliphatic heterocycles. The lowest BCUT2D eigenvalue weighted by molar-refractivity contribution is -0.146. The van der Waals surface area contributed by atoms with Crippen LogP contribution in [0.4, 0.5) is 5.69 Å². The summed E-state index contributed by atoms with van der Waals surface area (Å²) >= 11 is 0. The van der Waals surface area contributed by atoms with Crippen molar-refractivity contribution < 1.29 is 27.5 Å². The number of benzene rings is 3. The molecule has 0 saturated heterocycles. The minimum Gasteiger partial charge on any atom is -0.497 e. The summed E-state index contributed by atoms with van der Waals surface area (Å²) in [6.45, 7) is -1.13. The number of fused-ring (bicyclic) bond motifs is 1. The third kappa shape index (κ3) is 5.56. The van der Waals surface area contributed by atoms with Gasteiger partial charge in [0.1, 0.15) is 12.3 Å². The first-order chi connectivity index (χ1) is 14.4. The zero-order valence-corrected chi connectivity index (χ0v) is 16.9. The van der Waals surface area contributed by atoms with E-state index in [4.69, 9.17) is 9.47 Å². The number of anilines is 1. The summed E-state index contributed by atoms with van der Waals surface area (Å²) in [6.07, 6.45) is 0. The van der Waals surface area contributed by atoms with Crippen LogP contribution in [0.25, 0.3) is 10.8 Å². The summed E-state index contributed by atoms with van der Waals surface area (Å²) in [7, 11) is -2.37. The fourth-order valence-corrected chi connectivity index (χ4v) is 3.64. The van der Waals surface area contributed by atoms with Gasteiger partial charge in [-0.2, -0.15) is 4.72 Å². The van der Waals surface area contributed by atoms with Crippen LogP contribution >= 0.6 is 0 Å². The lowest BCUT2D eigenvalue weighted by Crippen LogP contribution is -2.32. The molecule has 0 spiro atoms. The van der Waals surface area contributed by atoms with Crippen molar-refractivity contribution in [1.29, 1.82) is 0 Å². The second kappa shape index (κ2) is 9.38. The molecule has 0 aliphatic rings. The molecule has 9 heteroatoms. The van der Waals surface area contributed by atoms with Gasteiger partial charge in [0.2, 0.25) is 10.0 Å². The first-order valence-electron chi connectivity index (χ1n) is 8.95. The van der Waals surface area contributed by atoms with Crippen molar-refractivity contribution in [2.24, 2.45) is 0 Å². The van der Waals surface area contributed by atoms with Crippen molar-refractivity contribution in [2.45, 2.75) is 4.90 Å². The monoisotopic (exact) mass is 428 g/mol. The number of sulfonamides is 1. The van der Waals surface area contributed by atoms with Gasteiger partial charge in [-0.15, -0.1) is 0 Å². The van der Waals surface area contributed by atoms with Crippen molar-refractivity contribution in [2.75, 3.05) is 25.6 Å². The van der Waals surface area contributed by atoms with Gasteiger partial charge in [-0.1, -0.05) is 30.3 Å². The molecule has 156 valence electrons. The third-order valence-electron chi connectivity index (χ3n) is 4.18. The average Bonchev–Trinajstić information content (AvgIpc) is 2.76. The van der Waals surface area contributed by atoms with Crippen LogP contribution in [0.3, 0.4) is 0 Å². The van der Waals surface area contributed by atoms with E-state index in [1.54, 1.807) is 42.5 Å². The number of carbonyl (C=O) groups is 2. The summed E-state index contributed by atoms with van der Waals surface area (Å²) < 4.78 is 36.8. The van der Waals surface area contributed by atoms with E-state index < -0.39 is 35.1 Å². The van der Waals surface area contributed by atoms with E-state index >= 15 is 0 Å². The number of rotatable bonds is 8. The largest absolute Gasteiger partial charge is 0.497 e. The van der Waals surface area contributed by atoms with E-state index in [0.29, 0.717) is 11.4 Å². The molecule has 0 heterocycles. The molecule has 0 unspecified atom stereocenters. The summed E-state index contributed by atoms with van der Waals surface area (Å²) in [4.78, 5) is 23.7. The molecular formula is C21H20N2O6S. The summed E-state index contributed by atoms with van der Waals surface area (Å²) in [5.74, 6) is -0.784. The molecule has 3 rings (SSSR count). The highest BCUT2D eigenvalue weighted by molar-refractivity contribution is 7.89. The molecule has 3 aromatic carbocycles. The molecule has 2 N–H and O–H groups in total. The topological polar surface area (TPSA) is 111 Å². The molecule has 0 fully saturated rings. The lowest BCUT2D eigenvalue weighted by Gasteiger charge is -2.09. The van der Waals surface area contributed by atoms with Crippen molar-refractivity contribution in [1.82, 2.24) is 4.72 Å². The highest BCUT2D eigenvalue weighted by Crippen LogP contribution is 2.18. The van der Waals surface area contributed by atoms with E-state index in [1.807, 2.05) is 12.1 Å². The van der Waals surface area contributed by atoms with Gasteiger partial charge in [-0.05, 0) is 47.2 Å². The molecule has 0 saturated carbocycles. The average molecular weight is 428 g/mol. The number of nitrogens with one attached hydrogen (secondary N) is 2. The van der Waals surface area contributed by atoms with Crippen LogP contribution in [0.15, 0.2) is 71.6 Å². The van der Waals surface area contributed by atoms with E-state index in [1.165, 1.54) is 19.2 Å². The van der Waals surface area contributed by atoms with E-state index in [0.717, 1.165) is 10.8 Å². The SMILES string of the molecule is COc1ccc(NC(=O)COC(=O)CNS(=O)(=O)c2ccc3ccccc3c2)cc1. The molecule has 0 atom stereocenters. The Kier molecular flexibility index (Phi) is 6.65. The quantitative estimate of drug-likeness (QED) is 0.533. The zero-order chi connectivity index (χ0) is 21.6. The van der Waals surface area contributed by atoms with Gasteiger partial charge >= 0.3 is 5.97 Å². The predicted molar refractivity (Wildman–Crippen MR) is 112 cm³/mol. The summed E-state index contributed by atoms with van der Waals surface area (Å²) in [5.41, 5.74) is 0.508. The Balaban J connectivity index is 1.49. The summed E-state index contributed by atoms with van der Waals surface area (Å²) in [5, 5.41) is 4.22. The maximum Gasteiger partial charge on any atom is 0.321 e. The maximum absolute atomic E-state index is 12.4. The number of esters is 1. The van der Waals surface area contributed by atoms with Crippen LogP contribution in [-0.4, -0.2) is 40.6 Å². The van der Waals surface area contributed by atoms with Gasteiger partial charge in [-0.25, -0.2) is 8.42 Å². The summed E-state index contributed by atoms with van der Waals surface area (Å²) in [6, 6.07) is 18.6. The standard InChI is InChI=1S/C21H20N2O6S/c1-28-18-9-7-17(8-10-18)23-20(24)14-29-21(25)13-22-30(26,27)19-11-6-15-4-2-3-5-16(15)12-19/h2-12,22H,13-14H2,1H3,(H,23,24). The number of hydrogen-bond acceptors (Lipinski definition) is 6. The number of hydrogen-bond donors (Lipinski definition) is 2. The van der Waals surface area contributed by atoms with Crippen molar-refractivity contribution >= 4 is 38.4 Å². The Morgan fingerprint density at radius 2 is 1.63 bits per heavy atom. The second-order valence-corrected chi connectivity index (χ2v) is 8.04. The normalized spacial score (nSPS) is 11.1. The smallest absolute Gasteiger partial charge is 0.321 e. The van der Waals surface area contributed by atoms with Crippen LogP contribution in [0, 0.1) is 0 Å². The number of carbonyl (C=O) groups excluding carboxylic acids is 2. The highest BCUT2D eigenvalue weighted by Gasteiger charge is 2.17. The Morgan fingerprint density at radius 3 is 2.33 bits per heavy atom. The number of methoxy groups -OCH3 is 1. The highest BCUT2D eigenvalue weighted by atomic mass is 32.2. The Labute approximate surface area is 173 Å². The third-order valence-corrected chi connectivity index (χ3v) is 5.57. The fraction of sp³-hybridized carbons (Fsp3) is 0.143. The molecule has 30 heavy (non-hydrogen) atoms. The van der Waals surface area contributed by atoms with Gasteiger partial charge in [0, 0.05) is 5.69 Å². The molecule has 3 aromatic rings. The van der Waals surface area contributed by atoms with E-state index in [-0.39, 0.29) is 4.90 Å². The second-order valence-electron chi connectivity index (χ2n) is 6.27. The van der Waals surface area contributed by atoms with Crippen LogP contribution in [0.5, 0.6) is 5.75 Å². The van der Waals surface area contributed by atoms with Gasteiger partial charge in [0.15, 0.2) is 6.61 Å². The predicted octanol–water partition coefficient (Wildman–Crippen LogP) is 2.31. The molecule has 1 amide bonds. The molecule has 8 nitrogen and oxygen atoms in total. The van der Waals surface area contributed by atoms with Gasteiger partial charge in [0.25, 0.3) is 5.91 Å².